The molecule has 1 amide bonds. The van der Waals surface area contributed by atoms with Gasteiger partial charge < -0.3 is 4.90 Å². The largest absolute Gasteiger partial charge is 0.340 e. The van der Waals surface area contributed by atoms with Crippen molar-refractivity contribution >= 4 is 11.7 Å². The Hall–Kier alpha value is -0.900. The van der Waals surface area contributed by atoms with Crippen LogP contribution in [0.1, 0.15) is 59.8 Å². The van der Waals surface area contributed by atoms with Crippen LogP contribution in [-0.4, -0.2) is 54.2 Å². The maximum atomic E-state index is 12.0. The molecule has 1 rings (SSSR count). The number of nitrogens with zero attached hydrogens (tertiary/aromatic N) is 2. The maximum Gasteiger partial charge on any atom is 0.222 e. The third-order valence-corrected chi connectivity index (χ3v) is 4.12. The van der Waals surface area contributed by atoms with E-state index in [9.17, 15) is 9.59 Å². The van der Waals surface area contributed by atoms with Crippen LogP contribution in [0.5, 0.6) is 0 Å². The first-order chi connectivity index (χ1) is 10.4. The smallest absolute Gasteiger partial charge is 0.222 e. The molecule has 4 nitrogen and oxygen atoms in total. The molecule has 0 bridgehead atoms. The minimum absolute atomic E-state index is 0.300. The number of rotatable bonds is 9. The molecule has 1 saturated heterocycles. The molecule has 0 N–H and O–H groups in total. The van der Waals surface area contributed by atoms with Crippen molar-refractivity contribution in [3.63, 3.8) is 0 Å². The molecule has 0 unspecified atom stereocenters. The molecule has 0 atom stereocenters. The summed E-state index contributed by atoms with van der Waals surface area (Å²) in [5, 5.41) is 0. The number of carbonyl (C=O) groups is 2. The van der Waals surface area contributed by atoms with E-state index >= 15 is 0 Å². The Kier molecular flexibility index (Phi) is 8.69. The van der Waals surface area contributed by atoms with Gasteiger partial charge in [-0.3, -0.25) is 14.5 Å². The van der Waals surface area contributed by atoms with Crippen LogP contribution in [0.3, 0.4) is 0 Å². The van der Waals surface area contributed by atoms with Gasteiger partial charge in [-0.05, 0) is 31.2 Å². The molecule has 0 aromatic rings. The summed E-state index contributed by atoms with van der Waals surface area (Å²) in [4.78, 5) is 28.1. The zero-order chi connectivity index (χ0) is 16.5. The average Bonchev–Trinajstić information content (AvgIpc) is 2.42. The summed E-state index contributed by atoms with van der Waals surface area (Å²) in [6.07, 6.45) is 4.20. The molecular formula is C18H34N2O2. The number of hydrogen-bond donors (Lipinski definition) is 0. The first-order valence-corrected chi connectivity index (χ1v) is 8.90. The van der Waals surface area contributed by atoms with Crippen LogP contribution in [0.4, 0.5) is 0 Å². The number of ketones is 1. The van der Waals surface area contributed by atoms with Crippen LogP contribution >= 0.6 is 0 Å². The van der Waals surface area contributed by atoms with Crippen molar-refractivity contribution in [2.24, 2.45) is 11.8 Å². The van der Waals surface area contributed by atoms with Crippen molar-refractivity contribution in [2.45, 2.75) is 59.8 Å². The van der Waals surface area contributed by atoms with E-state index in [4.69, 9.17) is 0 Å². The van der Waals surface area contributed by atoms with E-state index in [1.807, 2.05) is 4.90 Å². The van der Waals surface area contributed by atoms with Crippen molar-refractivity contribution in [2.75, 3.05) is 32.7 Å². The Labute approximate surface area is 136 Å². The molecule has 1 aliphatic heterocycles. The van der Waals surface area contributed by atoms with Gasteiger partial charge in [-0.2, -0.15) is 0 Å². The molecule has 1 aliphatic rings. The fourth-order valence-electron chi connectivity index (χ4n) is 2.91. The van der Waals surface area contributed by atoms with E-state index in [-0.39, 0.29) is 0 Å². The Morgan fingerprint density at radius 1 is 0.864 bits per heavy atom. The molecular weight excluding hydrogens is 276 g/mol. The summed E-state index contributed by atoms with van der Waals surface area (Å²) in [7, 11) is 0. The quantitative estimate of drug-likeness (QED) is 0.615. The Morgan fingerprint density at radius 2 is 1.45 bits per heavy atom. The molecule has 1 heterocycles. The molecule has 128 valence electrons. The van der Waals surface area contributed by atoms with Gasteiger partial charge in [0.1, 0.15) is 5.78 Å². The van der Waals surface area contributed by atoms with Crippen LogP contribution in [0.2, 0.25) is 0 Å². The number of piperazine rings is 1. The number of Topliss-reactive ketones (excluding diaryl/α,β-unsaturated/α-hetero) is 1. The molecule has 22 heavy (non-hydrogen) atoms. The van der Waals surface area contributed by atoms with Crippen LogP contribution in [0.15, 0.2) is 0 Å². The van der Waals surface area contributed by atoms with E-state index in [0.717, 1.165) is 58.4 Å². The topological polar surface area (TPSA) is 40.6 Å². The predicted octanol–water partition coefficient (Wildman–Crippen LogP) is 2.96. The Bertz CT molecular complexity index is 345. The molecule has 0 aromatic heterocycles. The van der Waals surface area contributed by atoms with Crippen molar-refractivity contribution in [3.8, 4) is 0 Å². The second kappa shape index (κ2) is 9.98. The van der Waals surface area contributed by atoms with Gasteiger partial charge in [-0.1, -0.05) is 27.7 Å². The second-order valence-electron chi connectivity index (χ2n) is 7.41. The third kappa shape index (κ3) is 7.92. The highest BCUT2D eigenvalue weighted by molar-refractivity contribution is 5.78. The first-order valence-electron chi connectivity index (χ1n) is 8.90. The molecule has 0 aromatic carbocycles. The SMILES string of the molecule is CC(C)CC(=O)CCCCN1CCN(C(=O)CC(C)C)CC1. The van der Waals surface area contributed by atoms with Gasteiger partial charge in [-0.25, -0.2) is 0 Å². The summed E-state index contributed by atoms with van der Waals surface area (Å²) in [5.74, 6) is 1.62. The predicted molar refractivity (Wildman–Crippen MR) is 90.8 cm³/mol. The fourth-order valence-corrected chi connectivity index (χ4v) is 2.91. The molecule has 1 fully saturated rings. The number of carbonyl (C=O) groups excluding carboxylic acids is 2. The highest BCUT2D eigenvalue weighted by Crippen LogP contribution is 2.10. The lowest BCUT2D eigenvalue weighted by molar-refractivity contribution is -0.133. The summed E-state index contributed by atoms with van der Waals surface area (Å²) in [6, 6.07) is 0. The number of amides is 1. The van der Waals surface area contributed by atoms with E-state index in [0.29, 0.717) is 29.9 Å². The number of unbranched alkanes of at least 4 members (excludes halogenated alkanes) is 1. The molecule has 0 radical (unpaired) electrons. The van der Waals surface area contributed by atoms with Crippen molar-refractivity contribution in [1.82, 2.24) is 9.80 Å². The van der Waals surface area contributed by atoms with Crippen molar-refractivity contribution in [3.05, 3.63) is 0 Å². The van der Waals surface area contributed by atoms with Crippen molar-refractivity contribution < 1.29 is 9.59 Å². The number of hydrogen-bond acceptors (Lipinski definition) is 3. The van der Waals surface area contributed by atoms with Crippen LogP contribution < -0.4 is 0 Å². The van der Waals surface area contributed by atoms with Gasteiger partial charge in [0.15, 0.2) is 0 Å². The second-order valence-corrected chi connectivity index (χ2v) is 7.41. The minimum atomic E-state index is 0.300. The van der Waals surface area contributed by atoms with E-state index < -0.39 is 0 Å². The van der Waals surface area contributed by atoms with Crippen LogP contribution in [0, 0.1) is 11.8 Å². The van der Waals surface area contributed by atoms with Crippen LogP contribution in [0.25, 0.3) is 0 Å². The average molecular weight is 310 g/mol. The van der Waals surface area contributed by atoms with E-state index in [1.165, 1.54) is 0 Å². The highest BCUT2D eigenvalue weighted by Gasteiger charge is 2.21. The summed E-state index contributed by atoms with van der Waals surface area (Å²) in [6.45, 7) is 13.1. The third-order valence-electron chi connectivity index (χ3n) is 4.12. The van der Waals surface area contributed by atoms with Gasteiger partial charge in [-0.15, -0.1) is 0 Å². The normalized spacial score (nSPS) is 16.5. The molecule has 0 spiro atoms. The first kappa shape index (κ1) is 19.1. The lowest BCUT2D eigenvalue weighted by Crippen LogP contribution is -2.49. The highest BCUT2D eigenvalue weighted by atomic mass is 16.2. The zero-order valence-electron chi connectivity index (χ0n) is 14.9. The Morgan fingerprint density at radius 3 is 2.00 bits per heavy atom. The lowest BCUT2D eigenvalue weighted by atomic mass is 10.0. The van der Waals surface area contributed by atoms with Gasteiger partial charge >= 0.3 is 0 Å². The fraction of sp³-hybridized carbons (Fsp3) is 0.889. The monoisotopic (exact) mass is 310 g/mol. The summed E-state index contributed by atoms with van der Waals surface area (Å²) < 4.78 is 0. The minimum Gasteiger partial charge on any atom is -0.340 e. The van der Waals surface area contributed by atoms with Crippen LogP contribution in [-0.2, 0) is 9.59 Å². The molecule has 0 saturated carbocycles. The van der Waals surface area contributed by atoms with Gasteiger partial charge in [0.2, 0.25) is 5.91 Å². The van der Waals surface area contributed by atoms with Gasteiger partial charge in [0.05, 0.1) is 0 Å². The zero-order valence-corrected chi connectivity index (χ0v) is 14.9. The summed E-state index contributed by atoms with van der Waals surface area (Å²) >= 11 is 0. The van der Waals surface area contributed by atoms with Gasteiger partial charge in [0.25, 0.3) is 0 Å². The summed E-state index contributed by atoms with van der Waals surface area (Å²) in [5.41, 5.74) is 0. The maximum absolute atomic E-state index is 12.0. The van der Waals surface area contributed by atoms with E-state index in [2.05, 4.69) is 32.6 Å². The molecule has 4 heteroatoms. The Balaban J connectivity index is 2.11. The van der Waals surface area contributed by atoms with Gasteiger partial charge in [0, 0.05) is 45.4 Å². The standard InChI is InChI=1S/C18H34N2O2/c1-15(2)13-17(21)7-5-6-8-19-9-11-20(12-10-19)18(22)14-16(3)4/h15-16H,5-14H2,1-4H3. The lowest BCUT2D eigenvalue weighted by Gasteiger charge is -2.35. The molecule has 0 aliphatic carbocycles. The van der Waals surface area contributed by atoms with Crippen molar-refractivity contribution in [1.29, 1.82) is 0 Å². The van der Waals surface area contributed by atoms with E-state index in [1.54, 1.807) is 0 Å².